The summed E-state index contributed by atoms with van der Waals surface area (Å²) in [5.41, 5.74) is 0. The fourth-order valence-corrected chi connectivity index (χ4v) is 2.55. The molecule has 1 rings (SSSR count). The molecule has 0 aliphatic carbocycles. The van der Waals surface area contributed by atoms with Crippen LogP contribution in [-0.2, 0) is 9.53 Å². The molecule has 106 valence electrons. The van der Waals surface area contributed by atoms with E-state index in [9.17, 15) is 9.59 Å². The van der Waals surface area contributed by atoms with Gasteiger partial charge in [-0.2, -0.15) is 0 Å². The average molecular weight is 306 g/mol. The van der Waals surface area contributed by atoms with Crippen LogP contribution in [0, 0.1) is 5.92 Å². The van der Waals surface area contributed by atoms with Gasteiger partial charge in [-0.15, -0.1) is 0 Å². The van der Waals surface area contributed by atoms with E-state index in [0.29, 0.717) is 5.13 Å². The summed E-state index contributed by atoms with van der Waals surface area (Å²) in [5.74, 6) is -0.637. The molecule has 0 aromatic carbocycles. The van der Waals surface area contributed by atoms with E-state index in [1.165, 1.54) is 7.11 Å². The Balaban J connectivity index is 2.92. The smallest absolute Gasteiger partial charge is 0.351 e. The molecule has 19 heavy (non-hydrogen) atoms. The third-order valence-corrected chi connectivity index (χ3v) is 3.78. The first-order valence-corrected chi connectivity index (χ1v) is 6.82. The number of esters is 1. The van der Waals surface area contributed by atoms with Crippen LogP contribution in [0.25, 0.3) is 0 Å². The summed E-state index contributed by atoms with van der Waals surface area (Å²) in [6.07, 6.45) is 0. The van der Waals surface area contributed by atoms with Crippen molar-refractivity contribution in [3.63, 3.8) is 0 Å². The molecule has 0 saturated carbocycles. The van der Waals surface area contributed by atoms with Gasteiger partial charge in [-0.05, 0) is 5.92 Å². The van der Waals surface area contributed by atoms with Gasteiger partial charge in [0.05, 0.1) is 7.11 Å². The molecule has 0 aliphatic heterocycles. The summed E-state index contributed by atoms with van der Waals surface area (Å²) in [6, 6.07) is -0.447. The second-order valence-electron chi connectivity index (χ2n) is 4.11. The zero-order chi connectivity index (χ0) is 14.6. The first kappa shape index (κ1) is 15.7. The van der Waals surface area contributed by atoms with Crippen molar-refractivity contribution in [3.05, 3.63) is 10.0 Å². The Hall–Kier alpha value is -1.34. The Kier molecular flexibility index (Phi) is 5.56. The minimum atomic E-state index is -0.545. The van der Waals surface area contributed by atoms with Gasteiger partial charge in [0.25, 0.3) is 0 Å². The number of hydrogen-bond acceptors (Lipinski definition) is 6. The number of rotatable bonds is 5. The zero-order valence-electron chi connectivity index (χ0n) is 11.1. The molecule has 0 bridgehead atoms. The van der Waals surface area contributed by atoms with Gasteiger partial charge in [0.2, 0.25) is 5.91 Å². The fraction of sp³-hybridized carbons (Fsp3) is 0.545. The molecule has 1 aromatic heterocycles. The van der Waals surface area contributed by atoms with Crippen LogP contribution in [0.2, 0.25) is 5.15 Å². The molecule has 1 unspecified atom stereocenters. The van der Waals surface area contributed by atoms with Crippen molar-refractivity contribution in [2.75, 3.05) is 19.5 Å². The maximum atomic E-state index is 11.7. The van der Waals surface area contributed by atoms with Gasteiger partial charge in [-0.1, -0.05) is 36.8 Å². The quantitative estimate of drug-likeness (QED) is 0.810. The standard InChI is InChI=1S/C11H16ClN3O3S/c1-5(2)6(9(16)13-3)14-11-15-8(12)7(19-11)10(17)18-4/h5-6H,1-4H3,(H,13,16)(H,14,15). The first-order valence-electron chi connectivity index (χ1n) is 5.63. The lowest BCUT2D eigenvalue weighted by molar-refractivity contribution is -0.122. The van der Waals surface area contributed by atoms with Gasteiger partial charge in [-0.25, -0.2) is 9.78 Å². The van der Waals surface area contributed by atoms with Crippen LogP contribution >= 0.6 is 22.9 Å². The lowest BCUT2D eigenvalue weighted by Crippen LogP contribution is -2.41. The third kappa shape index (κ3) is 3.81. The number of nitrogens with one attached hydrogen (secondary N) is 2. The summed E-state index contributed by atoms with van der Waals surface area (Å²) >= 11 is 6.91. The maximum Gasteiger partial charge on any atom is 0.351 e. The molecule has 0 fully saturated rings. The molecule has 0 spiro atoms. The number of amides is 1. The van der Waals surface area contributed by atoms with E-state index in [1.807, 2.05) is 13.8 Å². The fourth-order valence-electron chi connectivity index (χ4n) is 1.41. The van der Waals surface area contributed by atoms with Crippen molar-refractivity contribution < 1.29 is 14.3 Å². The summed E-state index contributed by atoms with van der Waals surface area (Å²) in [7, 11) is 2.83. The van der Waals surface area contributed by atoms with E-state index < -0.39 is 12.0 Å². The van der Waals surface area contributed by atoms with E-state index >= 15 is 0 Å². The third-order valence-electron chi connectivity index (χ3n) is 2.43. The van der Waals surface area contributed by atoms with E-state index in [4.69, 9.17) is 11.6 Å². The van der Waals surface area contributed by atoms with Crippen LogP contribution in [0.1, 0.15) is 23.5 Å². The van der Waals surface area contributed by atoms with Crippen molar-refractivity contribution in [2.24, 2.45) is 5.92 Å². The van der Waals surface area contributed by atoms with Gasteiger partial charge < -0.3 is 15.4 Å². The number of aromatic nitrogens is 1. The molecule has 2 N–H and O–H groups in total. The number of methoxy groups -OCH3 is 1. The minimum Gasteiger partial charge on any atom is -0.465 e. The first-order chi connectivity index (χ1) is 8.90. The lowest BCUT2D eigenvalue weighted by atomic mass is 10.0. The Morgan fingerprint density at radius 2 is 2.05 bits per heavy atom. The Morgan fingerprint density at radius 1 is 1.42 bits per heavy atom. The molecule has 1 heterocycles. The predicted octanol–water partition coefficient (Wildman–Crippen LogP) is 1.77. The van der Waals surface area contributed by atoms with E-state index in [-0.39, 0.29) is 21.9 Å². The molecule has 1 atom stereocenters. The molecule has 6 nitrogen and oxygen atoms in total. The topological polar surface area (TPSA) is 80.3 Å². The number of halogens is 1. The zero-order valence-corrected chi connectivity index (χ0v) is 12.7. The van der Waals surface area contributed by atoms with Crippen molar-refractivity contribution >= 4 is 39.9 Å². The Morgan fingerprint density at radius 3 is 2.53 bits per heavy atom. The highest BCUT2D eigenvalue weighted by molar-refractivity contribution is 7.18. The van der Waals surface area contributed by atoms with E-state index in [2.05, 4.69) is 20.4 Å². The van der Waals surface area contributed by atoms with Crippen molar-refractivity contribution in [1.29, 1.82) is 0 Å². The van der Waals surface area contributed by atoms with Crippen LogP contribution in [0.15, 0.2) is 0 Å². The number of nitrogens with zero attached hydrogens (tertiary/aromatic N) is 1. The molecule has 0 aliphatic rings. The molecule has 8 heteroatoms. The number of likely N-dealkylation sites (N-methyl/N-ethyl adjacent to an activating group) is 1. The molecule has 0 radical (unpaired) electrons. The summed E-state index contributed by atoms with van der Waals surface area (Å²) in [4.78, 5) is 27.4. The van der Waals surface area contributed by atoms with Crippen LogP contribution in [-0.4, -0.2) is 37.1 Å². The normalized spacial score (nSPS) is 12.1. The minimum absolute atomic E-state index is 0.0594. The number of carbonyl (C=O) groups is 2. The van der Waals surface area contributed by atoms with Gasteiger partial charge in [0, 0.05) is 7.05 Å². The molecular formula is C11H16ClN3O3S. The maximum absolute atomic E-state index is 11.7. The molecular weight excluding hydrogens is 290 g/mol. The highest BCUT2D eigenvalue weighted by Crippen LogP contribution is 2.28. The number of thiazole rings is 1. The van der Waals surface area contributed by atoms with Crippen LogP contribution in [0.4, 0.5) is 5.13 Å². The average Bonchev–Trinajstić information content (AvgIpc) is 2.74. The lowest BCUT2D eigenvalue weighted by Gasteiger charge is -2.19. The van der Waals surface area contributed by atoms with Crippen LogP contribution in [0.3, 0.4) is 0 Å². The van der Waals surface area contributed by atoms with Gasteiger partial charge in [0.1, 0.15) is 6.04 Å². The monoisotopic (exact) mass is 305 g/mol. The number of carbonyl (C=O) groups excluding carboxylic acids is 2. The number of anilines is 1. The molecule has 1 aromatic rings. The summed E-state index contributed by atoms with van der Waals surface area (Å²) < 4.78 is 4.59. The largest absolute Gasteiger partial charge is 0.465 e. The Bertz CT molecular complexity index is 476. The van der Waals surface area contributed by atoms with Crippen LogP contribution < -0.4 is 10.6 Å². The second kappa shape index (κ2) is 6.72. The highest BCUT2D eigenvalue weighted by Gasteiger charge is 2.24. The molecule has 0 saturated heterocycles. The van der Waals surface area contributed by atoms with Gasteiger partial charge in [0.15, 0.2) is 15.2 Å². The van der Waals surface area contributed by atoms with Crippen molar-refractivity contribution in [2.45, 2.75) is 19.9 Å². The number of hydrogen-bond donors (Lipinski definition) is 2. The summed E-state index contributed by atoms with van der Waals surface area (Å²) in [6.45, 7) is 3.81. The SMILES string of the molecule is CNC(=O)C(Nc1nc(Cl)c(C(=O)OC)s1)C(C)C. The predicted molar refractivity (Wildman–Crippen MR) is 74.8 cm³/mol. The van der Waals surface area contributed by atoms with Gasteiger partial charge in [-0.3, -0.25) is 4.79 Å². The summed E-state index contributed by atoms with van der Waals surface area (Å²) in [5, 5.41) is 6.02. The second-order valence-corrected chi connectivity index (χ2v) is 5.47. The van der Waals surface area contributed by atoms with E-state index in [0.717, 1.165) is 11.3 Å². The van der Waals surface area contributed by atoms with Gasteiger partial charge >= 0.3 is 5.97 Å². The van der Waals surface area contributed by atoms with Crippen molar-refractivity contribution in [3.8, 4) is 0 Å². The number of ether oxygens (including phenoxy) is 1. The Labute approximate surface area is 120 Å². The highest BCUT2D eigenvalue weighted by atomic mass is 35.5. The van der Waals surface area contributed by atoms with Crippen molar-refractivity contribution in [1.82, 2.24) is 10.3 Å². The van der Waals surface area contributed by atoms with E-state index in [1.54, 1.807) is 7.05 Å². The van der Waals surface area contributed by atoms with Crippen LogP contribution in [0.5, 0.6) is 0 Å². The molecule has 1 amide bonds.